The highest BCUT2D eigenvalue weighted by Gasteiger charge is 2.30. The molecule has 3 rings (SSSR count). The molecule has 1 heterocycles. The number of rotatable bonds is 5. The van der Waals surface area contributed by atoms with E-state index in [0.29, 0.717) is 29.2 Å². The van der Waals surface area contributed by atoms with Gasteiger partial charge in [-0.3, -0.25) is 0 Å². The molecular weight excluding hydrogens is 372 g/mol. The number of hydrogen-bond acceptors (Lipinski definition) is 6. The van der Waals surface area contributed by atoms with E-state index in [-0.39, 0.29) is 23.8 Å². The van der Waals surface area contributed by atoms with Crippen LogP contribution in [0.15, 0.2) is 18.2 Å². The largest absolute Gasteiger partial charge is 0.495 e. The number of aliphatic hydroxyl groups excluding tert-OH is 1. The van der Waals surface area contributed by atoms with Crippen molar-refractivity contribution < 1.29 is 28.8 Å². The Balaban J connectivity index is 2.18. The molecule has 29 heavy (non-hydrogen) atoms. The van der Waals surface area contributed by atoms with E-state index < -0.39 is 12.1 Å². The predicted octanol–water partition coefficient (Wildman–Crippen LogP) is 4.86. The first-order valence-electron chi connectivity index (χ1n) is 9.69. The molecule has 0 radical (unpaired) electrons. The number of benzene rings is 2. The topological polar surface area (TPSA) is 74.2 Å². The van der Waals surface area contributed by atoms with E-state index in [1.807, 2.05) is 33.8 Å². The average Bonchev–Trinajstić information content (AvgIpc) is 2.67. The summed E-state index contributed by atoms with van der Waals surface area (Å²) in [6.45, 7) is 8.03. The summed E-state index contributed by atoms with van der Waals surface area (Å²) in [5.74, 6) is 1.38. The molecule has 1 N–H and O–H groups in total. The zero-order valence-corrected chi connectivity index (χ0v) is 17.8. The van der Waals surface area contributed by atoms with Gasteiger partial charge in [-0.2, -0.15) is 0 Å². The number of ether oxygens (including phenoxy) is 4. The number of carbonyl (C=O) groups excluding carboxylic acids is 1. The van der Waals surface area contributed by atoms with Crippen LogP contribution in [0.2, 0.25) is 0 Å². The van der Waals surface area contributed by atoms with E-state index in [4.69, 9.17) is 18.9 Å². The number of carbonyl (C=O) groups is 1. The summed E-state index contributed by atoms with van der Waals surface area (Å²) in [4.78, 5) is 12.9. The van der Waals surface area contributed by atoms with Crippen molar-refractivity contribution in [2.24, 2.45) is 5.92 Å². The van der Waals surface area contributed by atoms with Crippen LogP contribution in [-0.4, -0.2) is 25.3 Å². The van der Waals surface area contributed by atoms with E-state index >= 15 is 0 Å². The second kappa shape index (κ2) is 8.33. The summed E-state index contributed by atoms with van der Waals surface area (Å²) in [5, 5.41) is 10.6. The summed E-state index contributed by atoms with van der Waals surface area (Å²) in [6, 6.07) is 5.30. The highest BCUT2D eigenvalue weighted by atomic mass is 16.6. The van der Waals surface area contributed by atoms with Crippen LogP contribution in [0.25, 0.3) is 0 Å². The molecule has 156 valence electrons. The standard InChI is InChI=1S/C23H28O6/c1-12(2)9-17(24)15-7-8-18-20(22(15)27-6)23(25)28-11-16-14(4)13(3)10-19(26-5)21(16)29-18/h7-8,10,12,17,24H,9,11H2,1-6H3. The molecule has 1 atom stereocenters. The zero-order chi connectivity index (χ0) is 21.3. The normalized spacial score (nSPS) is 14.1. The molecule has 0 aliphatic carbocycles. The van der Waals surface area contributed by atoms with Gasteiger partial charge in [0.1, 0.15) is 23.7 Å². The van der Waals surface area contributed by atoms with Crippen molar-refractivity contribution in [3.8, 4) is 23.0 Å². The Labute approximate surface area is 171 Å². The molecule has 0 spiro atoms. The SMILES string of the molecule is COc1cc(C)c(C)c2c1Oc1ccc(C(O)CC(C)C)c(OC)c1C(=O)OC2. The van der Waals surface area contributed by atoms with Crippen molar-refractivity contribution in [2.45, 2.75) is 46.8 Å². The summed E-state index contributed by atoms with van der Waals surface area (Å²) in [7, 11) is 3.04. The van der Waals surface area contributed by atoms with Crippen LogP contribution in [0.5, 0.6) is 23.0 Å². The highest BCUT2D eigenvalue weighted by Crippen LogP contribution is 2.45. The molecule has 2 aromatic rings. The van der Waals surface area contributed by atoms with Crippen molar-refractivity contribution in [2.75, 3.05) is 14.2 Å². The third kappa shape index (κ3) is 3.90. The molecule has 2 aromatic carbocycles. The third-order valence-corrected chi connectivity index (χ3v) is 5.28. The van der Waals surface area contributed by atoms with Gasteiger partial charge in [-0.05, 0) is 55.5 Å². The molecule has 0 bridgehead atoms. The van der Waals surface area contributed by atoms with Crippen molar-refractivity contribution in [1.29, 1.82) is 0 Å². The Bertz CT molecular complexity index is 932. The summed E-state index contributed by atoms with van der Waals surface area (Å²) < 4.78 is 22.8. The molecule has 0 saturated heterocycles. The lowest BCUT2D eigenvalue weighted by atomic mass is 9.96. The van der Waals surface area contributed by atoms with Gasteiger partial charge in [0.2, 0.25) is 0 Å². The molecular formula is C23H28O6. The van der Waals surface area contributed by atoms with E-state index in [0.717, 1.165) is 16.7 Å². The Morgan fingerprint density at radius 2 is 1.90 bits per heavy atom. The number of esters is 1. The Kier molecular flexibility index (Phi) is 6.03. The summed E-state index contributed by atoms with van der Waals surface area (Å²) in [6.07, 6.45) is -0.222. The third-order valence-electron chi connectivity index (χ3n) is 5.28. The second-order valence-corrected chi connectivity index (χ2v) is 7.71. The molecule has 0 amide bonds. The van der Waals surface area contributed by atoms with Gasteiger partial charge in [-0.15, -0.1) is 0 Å². The first-order chi connectivity index (χ1) is 13.8. The van der Waals surface area contributed by atoms with E-state index in [9.17, 15) is 9.90 Å². The fourth-order valence-electron chi connectivity index (χ4n) is 3.60. The van der Waals surface area contributed by atoms with Crippen LogP contribution in [-0.2, 0) is 11.3 Å². The molecule has 1 aliphatic heterocycles. The first-order valence-corrected chi connectivity index (χ1v) is 9.69. The molecule has 0 saturated carbocycles. The van der Waals surface area contributed by atoms with Crippen LogP contribution < -0.4 is 14.2 Å². The van der Waals surface area contributed by atoms with Gasteiger partial charge >= 0.3 is 5.97 Å². The van der Waals surface area contributed by atoms with Gasteiger partial charge in [-0.25, -0.2) is 4.79 Å². The minimum Gasteiger partial charge on any atom is -0.495 e. The second-order valence-electron chi connectivity index (χ2n) is 7.71. The average molecular weight is 400 g/mol. The molecule has 6 heteroatoms. The maximum absolute atomic E-state index is 12.9. The van der Waals surface area contributed by atoms with Crippen LogP contribution in [0.4, 0.5) is 0 Å². The highest BCUT2D eigenvalue weighted by molar-refractivity contribution is 5.96. The number of methoxy groups -OCH3 is 2. The van der Waals surface area contributed by atoms with Gasteiger partial charge in [0.05, 0.1) is 20.3 Å². The molecule has 1 aliphatic rings. The zero-order valence-electron chi connectivity index (χ0n) is 17.8. The van der Waals surface area contributed by atoms with Gasteiger partial charge in [0, 0.05) is 11.1 Å². The minimum absolute atomic E-state index is 0.0550. The van der Waals surface area contributed by atoms with Gasteiger partial charge < -0.3 is 24.1 Å². The summed E-state index contributed by atoms with van der Waals surface area (Å²) >= 11 is 0. The van der Waals surface area contributed by atoms with E-state index in [1.54, 1.807) is 19.2 Å². The van der Waals surface area contributed by atoms with Crippen molar-refractivity contribution >= 4 is 5.97 Å². The number of aryl methyl sites for hydroxylation is 1. The lowest BCUT2D eigenvalue weighted by Crippen LogP contribution is -2.16. The van der Waals surface area contributed by atoms with Crippen LogP contribution >= 0.6 is 0 Å². The predicted molar refractivity (Wildman–Crippen MR) is 109 cm³/mol. The monoisotopic (exact) mass is 400 g/mol. The number of fused-ring (bicyclic) bond motifs is 2. The van der Waals surface area contributed by atoms with E-state index in [1.165, 1.54) is 7.11 Å². The Morgan fingerprint density at radius 3 is 2.52 bits per heavy atom. The summed E-state index contributed by atoms with van der Waals surface area (Å²) in [5.41, 5.74) is 3.47. The van der Waals surface area contributed by atoms with E-state index in [2.05, 4.69) is 0 Å². The van der Waals surface area contributed by atoms with Crippen LogP contribution in [0, 0.1) is 19.8 Å². The number of cyclic esters (lactones) is 1. The van der Waals surface area contributed by atoms with Gasteiger partial charge in [0.25, 0.3) is 0 Å². The molecule has 0 aromatic heterocycles. The maximum Gasteiger partial charge on any atom is 0.346 e. The van der Waals surface area contributed by atoms with Gasteiger partial charge in [-0.1, -0.05) is 13.8 Å². The lowest BCUT2D eigenvalue weighted by Gasteiger charge is -2.25. The fraction of sp³-hybridized carbons (Fsp3) is 0.435. The molecule has 6 nitrogen and oxygen atoms in total. The van der Waals surface area contributed by atoms with Crippen LogP contribution in [0.1, 0.15) is 59.0 Å². The minimum atomic E-state index is -0.764. The lowest BCUT2D eigenvalue weighted by molar-refractivity contribution is 0.0453. The fourth-order valence-corrected chi connectivity index (χ4v) is 3.60. The number of hydrogen-bond donors (Lipinski definition) is 1. The molecule has 0 fully saturated rings. The van der Waals surface area contributed by atoms with Crippen molar-refractivity contribution in [3.05, 3.63) is 46.0 Å². The maximum atomic E-state index is 12.9. The van der Waals surface area contributed by atoms with Crippen LogP contribution in [0.3, 0.4) is 0 Å². The van der Waals surface area contributed by atoms with Crippen molar-refractivity contribution in [3.63, 3.8) is 0 Å². The first kappa shape index (κ1) is 21.0. The smallest absolute Gasteiger partial charge is 0.346 e. The molecule has 1 unspecified atom stereocenters. The Hall–Kier alpha value is -2.73. The van der Waals surface area contributed by atoms with Crippen molar-refractivity contribution in [1.82, 2.24) is 0 Å². The Morgan fingerprint density at radius 1 is 1.17 bits per heavy atom. The van der Waals surface area contributed by atoms with Gasteiger partial charge in [0.15, 0.2) is 11.5 Å². The number of aliphatic hydroxyl groups is 1. The quantitative estimate of drug-likeness (QED) is 0.723.